The molecule has 0 aliphatic rings. The third kappa shape index (κ3) is 2.98. The molecule has 0 saturated heterocycles. The molecule has 0 unspecified atom stereocenters. The van der Waals surface area contributed by atoms with Crippen LogP contribution in [0.25, 0.3) is 27.9 Å². The zero-order valence-corrected chi connectivity index (χ0v) is 14.8. The van der Waals surface area contributed by atoms with Crippen LogP contribution in [0.4, 0.5) is 0 Å². The molecule has 2 heterocycles. The Morgan fingerprint density at radius 2 is 1.54 bits per heavy atom. The molecule has 4 rings (SSSR count). The lowest BCUT2D eigenvalue weighted by Gasteiger charge is -2.04. The van der Waals surface area contributed by atoms with Crippen molar-refractivity contribution in [2.24, 2.45) is 5.14 Å². The lowest BCUT2D eigenvalue weighted by Crippen LogP contribution is -2.11. The third-order valence-electron chi connectivity index (χ3n) is 4.24. The van der Waals surface area contributed by atoms with Crippen molar-refractivity contribution in [3.63, 3.8) is 0 Å². The molecule has 0 amide bonds. The van der Waals surface area contributed by atoms with E-state index in [-0.39, 0.29) is 4.90 Å². The Morgan fingerprint density at radius 1 is 0.885 bits per heavy atom. The van der Waals surface area contributed by atoms with Crippen LogP contribution < -0.4 is 5.14 Å². The SMILES string of the molecule is Cc1ccc(-c2cnc3c(-c4ccc(S(N)(=O)=O)cc4)cnn3c2)cc1. The lowest BCUT2D eigenvalue weighted by molar-refractivity contribution is 0.598. The van der Waals surface area contributed by atoms with Crippen LogP contribution in [0.1, 0.15) is 5.56 Å². The highest BCUT2D eigenvalue weighted by molar-refractivity contribution is 7.89. The van der Waals surface area contributed by atoms with E-state index in [1.807, 2.05) is 19.3 Å². The molecule has 0 saturated carbocycles. The van der Waals surface area contributed by atoms with Crippen molar-refractivity contribution in [2.75, 3.05) is 0 Å². The largest absolute Gasteiger partial charge is 0.238 e. The van der Waals surface area contributed by atoms with E-state index in [9.17, 15) is 8.42 Å². The van der Waals surface area contributed by atoms with Gasteiger partial charge in [-0.25, -0.2) is 23.1 Å². The molecule has 4 aromatic rings. The Morgan fingerprint density at radius 3 is 2.19 bits per heavy atom. The average Bonchev–Trinajstić information content (AvgIpc) is 3.05. The van der Waals surface area contributed by atoms with Crippen molar-refractivity contribution in [3.05, 3.63) is 72.7 Å². The predicted octanol–water partition coefficient (Wildman–Crippen LogP) is 3.02. The van der Waals surface area contributed by atoms with Gasteiger partial charge in [-0.05, 0) is 30.2 Å². The summed E-state index contributed by atoms with van der Waals surface area (Å²) in [5.74, 6) is 0. The summed E-state index contributed by atoms with van der Waals surface area (Å²) in [5.41, 5.74) is 5.58. The molecule has 2 aromatic carbocycles. The minimum Gasteiger partial charge on any atom is -0.236 e. The summed E-state index contributed by atoms with van der Waals surface area (Å²) in [4.78, 5) is 4.62. The Labute approximate surface area is 151 Å². The highest BCUT2D eigenvalue weighted by Crippen LogP contribution is 2.26. The van der Waals surface area contributed by atoms with Crippen LogP contribution in [-0.2, 0) is 10.0 Å². The topological polar surface area (TPSA) is 90.3 Å². The maximum atomic E-state index is 11.4. The van der Waals surface area contributed by atoms with Gasteiger partial charge < -0.3 is 0 Å². The first-order chi connectivity index (χ1) is 12.4. The summed E-state index contributed by atoms with van der Waals surface area (Å²) in [6.07, 6.45) is 5.45. The minimum absolute atomic E-state index is 0.0762. The molecule has 6 nitrogen and oxygen atoms in total. The zero-order valence-electron chi connectivity index (χ0n) is 14.0. The van der Waals surface area contributed by atoms with Crippen LogP contribution in [0.5, 0.6) is 0 Å². The fourth-order valence-electron chi connectivity index (χ4n) is 2.80. The monoisotopic (exact) mass is 364 g/mol. The standard InChI is InChI=1S/C19H16N4O2S/c1-13-2-4-14(5-3-13)16-10-21-19-18(11-22-23(19)12-16)15-6-8-17(9-7-15)26(20,24)25/h2-12H,1H3,(H2,20,24,25). The number of aryl methyl sites for hydroxylation is 1. The molecular formula is C19H16N4O2S. The van der Waals surface area contributed by atoms with E-state index in [1.54, 1.807) is 22.8 Å². The molecule has 0 aliphatic carbocycles. The van der Waals surface area contributed by atoms with Crippen molar-refractivity contribution in [1.29, 1.82) is 0 Å². The van der Waals surface area contributed by atoms with Crippen LogP contribution in [0.3, 0.4) is 0 Å². The number of primary sulfonamides is 1. The number of sulfonamides is 1. The molecule has 0 bridgehead atoms. The maximum absolute atomic E-state index is 11.4. The minimum atomic E-state index is -3.71. The Balaban J connectivity index is 1.75. The van der Waals surface area contributed by atoms with Gasteiger partial charge in [0.05, 0.1) is 11.1 Å². The normalized spacial score (nSPS) is 11.8. The first-order valence-corrected chi connectivity index (χ1v) is 9.50. The van der Waals surface area contributed by atoms with E-state index in [1.165, 1.54) is 17.7 Å². The van der Waals surface area contributed by atoms with Gasteiger partial charge in [0.15, 0.2) is 5.65 Å². The number of hydrogen-bond acceptors (Lipinski definition) is 4. The number of aromatic nitrogens is 3. The molecule has 2 aromatic heterocycles. The third-order valence-corrected chi connectivity index (χ3v) is 5.16. The van der Waals surface area contributed by atoms with Gasteiger partial charge in [0.1, 0.15) is 0 Å². The predicted molar refractivity (Wildman–Crippen MR) is 100.0 cm³/mol. The first-order valence-electron chi connectivity index (χ1n) is 7.95. The van der Waals surface area contributed by atoms with Crippen molar-refractivity contribution < 1.29 is 8.42 Å². The Hall–Kier alpha value is -3.03. The summed E-state index contributed by atoms with van der Waals surface area (Å²) in [5, 5.41) is 9.52. The van der Waals surface area contributed by atoms with E-state index in [0.29, 0.717) is 5.65 Å². The Kier molecular flexibility index (Phi) is 3.82. The fourth-order valence-corrected chi connectivity index (χ4v) is 3.31. The number of benzene rings is 2. The van der Waals surface area contributed by atoms with Crippen molar-refractivity contribution in [2.45, 2.75) is 11.8 Å². The zero-order chi connectivity index (χ0) is 18.3. The van der Waals surface area contributed by atoms with Crippen LogP contribution in [0.2, 0.25) is 0 Å². The number of fused-ring (bicyclic) bond motifs is 1. The molecule has 130 valence electrons. The van der Waals surface area contributed by atoms with Gasteiger partial charge in [-0.2, -0.15) is 5.10 Å². The molecule has 0 radical (unpaired) electrons. The van der Waals surface area contributed by atoms with Crippen LogP contribution in [-0.4, -0.2) is 23.0 Å². The number of hydrogen-bond donors (Lipinski definition) is 1. The van der Waals surface area contributed by atoms with Crippen molar-refractivity contribution in [3.8, 4) is 22.3 Å². The Bertz CT molecular complexity index is 1190. The summed E-state index contributed by atoms with van der Waals surface area (Å²) < 4.78 is 24.5. The number of nitrogens with zero attached hydrogens (tertiary/aromatic N) is 3. The van der Waals surface area contributed by atoms with Gasteiger partial charge >= 0.3 is 0 Å². The molecule has 2 N–H and O–H groups in total. The van der Waals surface area contributed by atoms with Gasteiger partial charge in [0.2, 0.25) is 10.0 Å². The highest BCUT2D eigenvalue weighted by atomic mass is 32.2. The van der Waals surface area contributed by atoms with Gasteiger partial charge in [0, 0.05) is 23.5 Å². The van der Waals surface area contributed by atoms with Crippen LogP contribution in [0, 0.1) is 6.92 Å². The maximum Gasteiger partial charge on any atom is 0.238 e. The van der Waals surface area contributed by atoms with Crippen molar-refractivity contribution >= 4 is 15.7 Å². The van der Waals surface area contributed by atoms with E-state index in [0.717, 1.165) is 22.3 Å². The average molecular weight is 364 g/mol. The summed E-state index contributed by atoms with van der Waals surface area (Å²) >= 11 is 0. The molecular weight excluding hydrogens is 348 g/mol. The summed E-state index contributed by atoms with van der Waals surface area (Å²) in [6, 6.07) is 14.6. The highest BCUT2D eigenvalue weighted by Gasteiger charge is 2.12. The second-order valence-corrected chi connectivity index (χ2v) is 7.67. The van der Waals surface area contributed by atoms with Crippen LogP contribution in [0.15, 0.2) is 72.0 Å². The van der Waals surface area contributed by atoms with Gasteiger partial charge in [-0.3, -0.25) is 0 Å². The summed E-state index contributed by atoms with van der Waals surface area (Å²) in [7, 11) is -3.71. The second kappa shape index (κ2) is 6.05. The number of nitrogens with two attached hydrogens (primary N) is 1. The summed E-state index contributed by atoms with van der Waals surface area (Å²) in [6.45, 7) is 2.05. The second-order valence-electron chi connectivity index (χ2n) is 6.10. The number of rotatable bonds is 3. The van der Waals surface area contributed by atoms with Gasteiger partial charge in [0.25, 0.3) is 0 Å². The van der Waals surface area contributed by atoms with Gasteiger partial charge in [-0.1, -0.05) is 42.0 Å². The van der Waals surface area contributed by atoms with E-state index < -0.39 is 10.0 Å². The smallest absolute Gasteiger partial charge is 0.236 e. The van der Waals surface area contributed by atoms with E-state index in [4.69, 9.17) is 5.14 Å². The van der Waals surface area contributed by atoms with E-state index in [2.05, 4.69) is 34.3 Å². The fraction of sp³-hybridized carbons (Fsp3) is 0.0526. The molecule has 7 heteroatoms. The molecule has 26 heavy (non-hydrogen) atoms. The van der Waals surface area contributed by atoms with Crippen molar-refractivity contribution in [1.82, 2.24) is 14.6 Å². The first kappa shape index (κ1) is 16.4. The molecule has 0 fully saturated rings. The van der Waals surface area contributed by atoms with E-state index >= 15 is 0 Å². The lowest BCUT2D eigenvalue weighted by atomic mass is 10.1. The molecule has 0 atom stereocenters. The molecule has 0 spiro atoms. The molecule has 0 aliphatic heterocycles. The van der Waals surface area contributed by atoms with Gasteiger partial charge in [-0.15, -0.1) is 0 Å². The quantitative estimate of drug-likeness (QED) is 0.605. The van der Waals surface area contributed by atoms with Crippen LogP contribution >= 0.6 is 0 Å².